The molecule has 148 valence electrons. The van der Waals surface area contributed by atoms with Crippen LogP contribution in [0.1, 0.15) is 43.2 Å². The minimum atomic E-state index is -0.321. The van der Waals surface area contributed by atoms with E-state index in [-0.39, 0.29) is 23.9 Å². The number of carbonyl (C=O) groups is 1. The second kappa shape index (κ2) is 8.44. The molecule has 0 spiro atoms. The van der Waals surface area contributed by atoms with Crippen molar-refractivity contribution in [2.75, 3.05) is 7.11 Å². The molecule has 0 aromatic heterocycles. The Morgan fingerprint density at radius 3 is 2.50 bits per heavy atom. The van der Waals surface area contributed by atoms with Crippen LogP contribution in [-0.2, 0) is 17.8 Å². The Morgan fingerprint density at radius 2 is 1.82 bits per heavy atom. The smallest absolute Gasteiger partial charge is 0.140 e. The van der Waals surface area contributed by atoms with Crippen molar-refractivity contribution >= 4 is 5.78 Å². The van der Waals surface area contributed by atoms with Crippen LogP contribution in [0.3, 0.4) is 0 Å². The van der Waals surface area contributed by atoms with E-state index in [1.807, 2.05) is 0 Å². The summed E-state index contributed by atoms with van der Waals surface area (Å²) in [5.74, 6) is 0.560. The molecule has 4 heteroatoms. The number of Topliss-reactive ketones (excluding diaryl/α,β-unsaturated/α-hetero) is 1. The van der Waals surface area contributed by atoms with Gasteiger partial charge in [-0.1, -0.05) is 36.8 Å². The largest absolute Gasteiger partial charge is 0.496 e. The number of benzene rings is 2. The lowest BCUT2D eigenvalue weighted by molar-refractivity contribution is -0.126. The molecule has 2 aromatic carbocycles. The SMILES string of the molecule is COc1ccc(F)cc1CC(=O)C1CC2CCCC(C1)N2Cc1ccccc1. The van der Waals surface area contributed by atoms with E-state index in [0.717, 1.165) is 32.2 Å². The number of methoxy groups -OCH3 is 1. The third-order valence-corrected chi connectivity index (χ3v) is 6.40. The van der Waals surface area contributed by atoms with Crippen molar-refractivity contribution < 1.29 is 13.9 Å². The Morgan fingerprint density at radius 1 is 1.11 bits per heavy atom. The van der Waals surface area contributed by atoms with Gasteiger partial charge in [0.1, 0.15) is 17.3 Å². The average Bonchev–Trinajstić information content (AvgIpc) is 2.68. The number of carbonyl (C=O) groups excluding carboxylic acids is 1. The van der Waals surface area contributed by atoms with Gasteiger partial charge in [0.05, 0.1) is 7.11 Å². The van der Waals surface area contributed by atoms with Gasteiger partial charge in [0, 0.05) is 36.5 Å². The molecule has 0 saturated carbocycles. The molecule has 4 rings (SSSR count). The number of halogens is 1. The molecule has 2 aliphatic heterocycles. The van der Waals surface area contributed by atoms with Crippen molar-refractivity contribution in [3.8, 4) is 5.75 Å². The van der Waals surface area contributed by atoms with E-state index < -0.39 is 0 Å². The Labute approximate surface area is 166 Å². The lowest BCUT2D eigenvalue weighted by Gasteiger charge is -2.48. The number of piperidine rings is 2. The highest BCUT2D eigenvalue weighted by Crippen LogP contribution is 2.39. The first kappa shape index (κ1) is 19.1. The first-order valence-corrected chi connectivity index (χ1v) is 10.3. The molecular formula is C24H28FNO2. The molecule has 2 atom stereocenters. The predicted molar refractivity (Wildman–Crippen MR) is 108 cm³/mol. The fourth-order valence-electron chi connectivity index (χ4n) is 5.01. The van der Waals surface area contributed by atoms with Crippen LogP contribution in [0.2, 0.25) is 0 Å². The number of nitrogens with zero attached hydrogens (tertiary/aromatic N) is 1. The number of fused-ring (bicyclic) bond motifs is 2. The van der Waals surface area contributed by atoms with Crippen LogP contribution >= 0.6 is 0 Å². The van der Waals surface area contributed by atoms with Gasteiger partial charge in [0.15, 0.2) is 0 Å². The van der Waals surface area contributed by atoms with E-state index in [2.05, 4.69) is 35.2 Å². The Bertz CT molecular complexity index is 809. The molecule has 0 aliphatic carbocycles. The lowest BCUT2D eigenvalue weighted by Crippen LogP contribution is -2.52. The highest BCUT2D eigenvalue weighted by Gasteiger charge is 2.40. The molecule has 2 aromatic rings. The molecule has 3 nitrogen and oxygen atoms in total. The summed E-state index contributed by atoms with van der Waals surface area (Å²) in [4.78, 5) is 15.7. The molecule has 2 bridgehead atoms. The summed E-state index contributed by atoms with van der Waals surface area (Å²) < 4.78 is 19.0. The van der Waals surface area contributed by atoms with Crippen LogP contribution in [0.4, 0.5) is 4.39 Å². The standard InChI is InChI=1S/C24H28FNO2/c1-28-24-11-10-20(25)12-19(24)15-23(27)18-13-21-8-5-9-22(14-18)26(21)16-17-6-3-2-4-7-17/h2-4,6-7,10-12,18,21-22H,5,8-9,13-16H2,1H3. The second-order valence-corrected chi connectivity index (χ2v) is 8.16. The quantitative estimate of drug-likeness (QED) is 0.721. The van der Waals surface area contributed by atoms with Gasteiger partial charge < -0.3 is 4.74 Å². The molecule has 28 heavy (non-hydrogen) atoms. The topological polar surface area (TPSA) is 29.5 Å². The molecular weight excluding hydrogens is 353 g/mol. The first-order chi connectivity index (χ1) is 13.6. The molecule has 0 N–H and O–H groups in total. The molecule has 0 amide bonds. The molecule has 2 saturated heterocycles. The van der Waals surface area contributed by atoms with Crippen LogP contribution in [0.5, 0.6) is 5.75 Å². The van der Waals surface area contributed by atoms with Crippen molar-refractivity contribution in [2.45, 2.75) is 57.2 Å². The minimum absolute atomic E-state index is 0.0651. The first-order valence-electron chi connectivity index (χ1n) is 10.3. The zero-order valence-corrected chi connectivity index (χ0v) is 16.4. The van der Waals surface area contributed by atoms with Crippen LogP contribution in [-0.4, -0.2) is 29.9 Å². The van der Waals surface area contributed by atoms with Crippen LogP contribution < -0.4 is 4.74 Å². The molecule has 2 unspecified atom stereocenters. The number of hydrogen-bond acceptors (Lipinski definition) is 3. The highest BCUT2D eigenvalue weighted by molar-refractivity contribution is 5.84. The van der Waals surface area contributed by atoms with E-state index >= 15 is 0 Å². The van der Waals surface area contributed by atoms with Gasteiger partial charge in [0.25, 0.3) is 0 Å². The van der Waals surface area contributed by atoms with E-state index in [4.69, 9.17) is 4.74 Å². The number of ketones is 1. The Balaban J connectivity index is 1.45. The lowest BCUT2D eigenvalue weighted by atomic mass is 9.75. The normalized spacial score (nSPS) is 24.7. The van der Waals surface area contributed by atoms with Gasteiger partial charge in [0.2, 0.25) is 0 Å². The van der Waals surface area contributed by atoms with Crippen LogP contribution in [0.25, 0.3) is 0 Å². The van der Waals surface area contributed by atoms with Crippen molar-refractivity contribution in [3.05, 3.63) is 65.5 Å². The van der Waals surface area contributed by atoms with E-state index in [9.17, 15) is 9.18 Å². The zero-order valence-electron chi connectivity index (χ0n) is 16.4. The second-order valence-electron chi connectivity index (χ2n) is 8.16. The molecule has 2 heterocycles. The van der Waals surface area contributed by atoms with Crippen molar-refractivity contribution in [1.82, 2.24) is 4.90 Å². The van der Waals surface area contributed by atoms with Crippen molar-refractivity contribution in [2.24, 2.45) is 5.92 Å². The third kappa shape index (κ3) is 4.12. The van der Waals surface area contributed by atoms with E-state index in [0.29, 0.717) is 23.4 Å². The summed E-state index contributed by atoms with van der Waals surface area (Å²) in [6, 6.07) is 16.0. The predicted octanol–water partition coefficient (Wildman–Crippen LogP) is 4.78. The summed E-state index contributed by atoms with van der Waals surface area (Å²) in [5, 5.41) is 0. The highest BCUT2D eigenvalue weighted by atomic mass is 19.1. The minimum Gasteiger partial charge on any atom is -0.496 e. The summed E-state index contributed by atoms with van der Waals surface area (Å²) >= 11 is 0. The van der Waals surface area contributed by atoms with Gasteiger partial charge in [-0.15, -0.1) is 0 Å². The molecule has 2 aliphatic rings. The average molecular weight is 381 g/mol. The fraction of sp³-hybridized carbons (Fsp3) is 0.458. The zero-order chi connectivity index (χ0) is 19.5. The Kier molecular flexibility index (Phi) is 5.77. The van der Waals surface area contributed by atoms with Crippen molar-refractivity contribution in [1.29, 1.82) is 0 Å². The maximum atomic E-state index is 13.6. The van der Waals surface area contributed by atoms with E-state index in [1.54, 1.807) is 13.2 Å². The number of hydrogen-bond donors (Lipinski definition) is 0. The summed E-state index contributed by atoms with van der Waals surface area (Å²) in [7, 11) is 1.56. The molecule has 2 fully saturated rings. The van der Waals surface area contributed by atoms with Gasteiger partial charge in [-0.05, 0) is 49.4 Å². The van der Waals surface area contributed by atoms with Gasteiger partial charge in [-0.3, -0.25) is 9.69 Å². The van der Waals surface area contributed by atoms with Crippen LogP contribution in [0.15, 0.2) is 48.5 Å². The maximum absolute atomic E-state index is 13.6. The molecule has 0 radical (unpaired) electrons. The Hall–Kier alpha value is -2.20. The van der Waals surface area contributed by atoms with E-state index in [1.165, 1.54) is 24.1 Å². The fourth-order valence-corrected chi connectivity index (χ4v) is 5.01. The number of ether oxygens (including phenoxy) is 1. The van der Waals surface area contributed by atoms with Crippen LogP contribution in [0, 0.1) is 11.7 Å². The summed E-state index contributed by atoms with van der Waals surface area (Å²) in [6.07, 6.45) is 5.66. The van der Waals surface area contributed by atoms with Gasteiger partial charge >= 0.3 is 0 Å². The summed E-state index contributed by atoms with van der Waals surface area (Å²) in [5.41, 5.74) is 2.00. The summed E-state index contributed by atoms with van der Waals surface area (Å²) in [6.45, 7) is 0.967. The van der Waals surface area contributed by atoms with Crippen molar-refractivity contribution in [3.63, 3.8) is 0 Å². The third-order valence-electron chi connectivity index (χ3n) is 6.40. The number of rotatable bonds is 6. The van der Waals surface area contributed by atoms with Gasteiger partial charge in [-0.2, -0.15) is 0 Å². The maximum Gasteiger partial charge on any atom is 0.140 e. The monoisotopic (exact) mass is 381 g/mol. The van der Waals surface area contributed by atoms with Gasteiger partial charge in [-0.25, -0.2) is 4.39 Å².